The lowest BCUT2D eigenvalue weighted by molar-refractivity contribution is -0.117. The topological polar surface area (TPSA) is 78.3 Å². The molecule has 0 radical (unpaired) electrons. The van der Waals surface area contributed by atoms with Crippen LogP contribution in [0.5, 0.6) is 11.6 Å². The molecule has 1 N–H and O–H groups in total. The van der Waals surface area contributed by atoms with Crippen LogP contribution in [0.1, 0.15) is 25.7 Å². The summed E-state index contributed by atoms with van der Waals surface area (Å²) in [6.07, 6.45) is 7.29. The number of fused-ring (bicyclic) bond motifs is 1. The molecule has 0 atom stereocenters. The molecular weight excluding hydrogens is 395 g/mol. The van der Waals surface area contributed by atoms with E-state index >= 15 is 0 Å². The van der Waals surface area contributed by atoms with Crippen LogP contribution in [0.25, 0.3) is 22.2 Å². The van der Waals surface area contributed by atoms with Gasteiger partial charge in [0.2, 0.25) is 11.8 Å². The Bertz CT molecular complexity index is 1090. The molecule has 0 spiro atoms. The van der Waals surface area contributed by atoms with E-state index in [2.05, 4.69) is 15.3 Å². The smallest absolute Gasteiger partial charge is 0.228 e. The van der Waals surface area contributed by atoms with Crippen molar-refractivity contribution < 1.29 is 18.2 Å². The van der Waals surface area contributed by atoms with Crippen molar-refractivity contribution in [1.82, 2.24) is 13.9 Å². The second kappa shape index (κ2) is 7.22. The fraction of sp³-hybridized carbons (Fsp3) is 0.350. The molecule has 2 saturated carbocycles. The molecule has 3 heterocycles. The molecule has 5 rings (SSSR count). The molecule has 0 unspecified atom stereocenters. The van der Waals surface area contributed by atoms with Crippen LogP contribution in [0.4, 0.5) is 9.70 Å². The van der Waals surface area contributed by atoms with E-state index in [-0.39, 0.29) is 30.3 Å². The van der Waals surface area contributed by atoms with E-state index in [9.17, 15) is 8.68 Å². The Kier molecular flexibility index (Phi) is 4.54. The second-order valence-electron chi connectivity index (χ2n) is 7.28. The van der Waals surface area contributed by atoms with Gasteiger partial charge in [0.1, 0.15) is 11.6 Å². The molecule has 3 aromatic heterocycles. The number of carbonyl (C=O) groups excluding carboxylic acids is 1. The number of amides is 1. The highest BCUT2D eigenvalue weighted by atomic mass is 32.2. The number of hydrogen-bond acceptors (Lipinski definition) is 6. The van der Waals surface area contributed by atoms with Gasteiger partial charge < -0.3 is 14.8 Å². The number of carbonyl (C=O) groups is 1. The number of ether oxygens (including phenoxy) is 2. The van der Waals surface area contributed by atoms with Gasteiger partial charge in [0, 0.05) is 29.3 Å². The van der Waals surface area contributed by atoms with Crippen LogP contribution in [-0.4, -0.2) is 33.1 Å². The minimum absolute atomic E-state index is 0.0443. The quantitative estimate of drug-likeness (QED) is 0.618. The molecule has 2 fully saturated rings. The third kappa shape index (κ3) is 3.50. The van der Waals surface area contributed by atoms with E-state index in [1.165, 1.54) is 3.97 Å². The Balaban J connectivity index is 1.61. The number of aromatic nitrogens is 3. The summed E-state index contributed by atoms with van der Waals surface area (Å²) in [4.78, 5) is 20.8. The SMILES string of the molecule is COc1nccc(OC2CC2)c1-c1cn(SF)c2nc(NC(=O)C3CC3)ccc12. The summed E-state index contributed by atoms with van der Waals surface area (Å²) in [5.74, 6) is 1.47. The maximum Gasteiger partial charge on any atom is 0.228 e. The van der Waals surface area contributed by atoms with Gasteiger partial charge in [-0.25, -0.2) is 13.9 Å². The lowest BCUT2D eigenvalue weighted by Gasteiger charge is -2.13. The van der Waals surface area contributed by atoms with Crippen LogP contribution >= 0.6 is 12.3 Å². The van der Waals surface area contributed by atoms with Crippen molar-refractivity contribution >= 4 is 35.1 Å². The molecule has 29 heavy (non-hydrogen) atoms. The summed E-state index contributed by atoms with van der Waals surface area (Å²) in [5, 5.41) is 3.52. The summed E-state index contributed by atoms with van der Waals surface area (Å²) < 4.78 is 26.5. The fourth-order valence-corrected chi connectivity index (χ4v) is 3.61. The minimum atomic E-state index is -0.0443. The zero-order valence-electron chi connectivity index (χ0n) is 15.7. The standard InChI is InChI=1S/C20H19FN4O3S/c1-27-20-17(15(8-9-22-20)28-12-4-5-12)14-10-25(29-21)18-13(14)6-7-16(23-18)24-19(26)11-2-3-11/h6-12H,2-5H2,1H3,(H,23,24,26). The van der Waals surface area contributed by atoms with Crippen LogP contribution in [0.2, 0.25) is 0 Å². The van der Waals surface area contributed by atoms with E-state index < -0.39 is 0 Å². The molecule has 0 bridgehead atoms. The van der Waals surface area contributed by atoms with Crippen molar-refractivity contribution in [2.24, 2.45) is 5.92 Å². The first kappa shape index (κ1) is 18.2. The molecular formula is C20H19FN4O3S. The summed E-state index contributed by atoms with van der Waals surface area (Å²) in [5.41, 5.74) is 1.78. The second-order valence-corrected chi connectivity index (χ2v) is 7.81. The van der Waals surface area contributed by atoms with E-state index in [1.807, 2.05) is 6.07 Å². The maximum absolute atomic E-state index is 13.7. The molecule has 7 nitrogen and oxygen atoms in total. The molecule has 0 saturated heterocycles. The lowest BCUT2D eigenvalue weighted by atomic mass is 10.1. The van der Waals surface area contributed by atoms with Crippen LogP contribution in [0, 0.1) is 5.92 Å². The molecule has 1 amide bonds. The van der Waals surface area contributed by atoms with E-state index in [0.717, 1.165) is 25.7 Å². The van der Waals surface area contributed by atoms with Crippen LogP contribution in [0.3, 0.4) is 0 Å². The number of rotatable bonds is 7. The molecule has 3 aromatic rings. The number of hydrogen-bond donors (Lipinski definition) is 1. The van der Waals surface area contributed by atoms with Gasteiger partial charge in [0.25, 0.3) is 0 Å². The van der Waals surface area contributed by atoms with Crippen molar-refractivity contribution in [2.75, 3.05) is 12.4 Å². The normalized spacial score (nSPS) is 16.1. The Morgan fingerprint density at radius 1 is 1.28 bits per heavy atom. The zero-order chi connectivity index (χ0) is 20.0. The Morgan fingerprint density at radius 3 is 2.79 bits per heavy atom. The third-order valence-corrected chi connectivity index (χ3v) is 5.48. The first-order valence-electron chi connectivity index (χ1n) is 9.50. The van der Waals surface area contributed by atoms with Crippen molar-refractivity contribution in [3.05, 3.63) is 30.6 Å². The molecule has 2 aliphatic carbocycles. The zero-order valence-corrected chi connectivity index (χ0v) is 16.5. The number of methoxy groups -OCH3 is 1. The predicted molar refractivity (Wildman–Crippen MR) is 109 cm³/mol. The van der Waals surface area contributed by atoms with Gasteiger partial charge in [-0.3, -0.25) is 4.79 Å². The summed E-state index contributed by atoms with van der Waals surface area (Å²) in [7, 11) is 1.54. The maximum atomic E-state index is 13.7. The largest absolute Gasteiger partial charge is 0.490 e. The minimum Gasteiger partial charge on any atom is -0.490 e. The van der Waals surface area contributed by atoms with Crippen LogP contribution in [-0.2, 0) is 4.79 Å². The highest BCUT2D eigenvalue weighted by molar-refractivity contribution is 7.92. The van der Waals surface area contributed by atoms with Gasteiger partial charge in [0.15, 0.2) is 18.0 Å². The molecule has 0 aliphatic heterocycles. The third-order valence-electron chi connectivity index (χ3n) is 5.05. The van der Waals surface area contributed by atoms with Gasteiger partial charge in [0.05, 0.1) is 18.8 Å². The van der Waals surface area contributed by atoms with E-state index in [0.29, 0.717) is 39.6 Å². The Labute approximate surface area is 171 Å². The number of pyridine rings is 2. The predicted octanol–water partition coefficient (Wildman–Crippen LogP) is 4.38. The molecule has 9 heteroatoms. The summed E-state index contributed by atoms with van der Waals surface area (Å²) >= 11 is 0.0450. The molecule has 2 aliphatic rings. The van der Waals surface area contributed by atoms with Gasteiger partial charge in [-0.1, -0.05) is 0 Å². The number of nitrogens with zero attached hydrogens (tertiary/aromatic N) is 3. The Morgan fingerprint density at radius 2 is 2.10 bits per heavy atom. The highest BCUT2D eigenvalue weighted by Crippen LogP contribution is 2.44. The van der Waals surface area contributed by atoms with Gasteiger partial charge in [-0.05, 0) is 43.9 Å². The fourth-order valence-electron chi connectivity index (χ4n) is 3.26. The Hall–Kier alpha value is -2.81. The first-order chi connectivity index (χ1) is 14.2. The average Bonchev–Trinajstić information content (AvgIpc) is 3.65. The van der Waals surface area contributed by atoms with Crippen molar-refractivity contribution in [1.29, 1.82) is 0 Å². The van der Waals surface area contributed by atoms with E-state index in [1.54, 1.807) is 31.6 Å². The van der Waals surface area contributed by atoms with Gasteiger partial charge in [-0.15, -0.1) is 3.89 Å². The number of anilines is 1. The number of halogens is 1. The lowest BCUT2D eigenvalue weighted by Crippen LogP contribution is -2.14. The first-order valence-corrected chi connectivity index (χ1v) is 10.2. The van der Waals surface area contributed by atoms with Gasteiger partial charge >= 0.3 is 0 Å². The van der Waals surface area contributed by atoms with E-state index in [4.69, 9.17) is 9.47 Å². The molecule has 150 valence electrons. The average molecular weight is 414 g/mol. The van der Waals surface area contributed by atoms with Crippen LogP contribution in [0.15, 0.2) is 30.6 Å². The summed E-state index contributed by atoms with van der Waals surface area (Å²) in [6, 6.07) is 5.34. The number of nitrogens with one attached hydrogen (secondary N) is 1. The van der Waals surface area contributed by atoms with Gasteiger partial charge in [-0.2, -0.15) is 0 Å². The van der Waals surface area contributed by atoms with Crippen molar-refractivity contribution in [3.63, 3.8) is 0 Å². The van der Waals surface area contributed by atoms with Crippen molar-refractivity contribution in [2.45, 2.75) is 31.8 Å². The monoisotopic (exact) mass is 414 g/mol. The van der Waals surface area contributed by atoms with Crippen molar-refractivity contribution in [3.8, 4) is 22.8 Å². The van der Waals surface area contributed by atoms with Crippen LogP contribution < -0.4 is 14.8 Å². The molecule has 0 aromatic carbocycles. The highest BCUT2D eigenvalue weighted by Gasteiger charge is 2.30. The summed E-state index contributed by atoms with van der Waals surface area (Å²) in [6.45, 7) is 0.